The van der Waals surface area contributed by atoms with Crippen LogP contribution in [0.15, 0.2) is 84.9 Å². The Morgan fingerprint density at radius 2 is 1.37 bits per heavy atom. The van der Waals surface area contributed by atoms with Crippen LogP contribution in [0, 0.1) is 11.8 Å². The van der Waals surface area contributed by atoms with Crippen molar-refractivity contribution >= 4 is 47.1 Å². The molecule has 63 heavy (non-hydrogen) atoms. The molecule has 1 aliphatic carbocycles. The second-order valence-corrected chi connectivity index (χ2v) is 15.0. The summed E-state index contributed by atoms with van der Waals surface area (Å²) in [5.74, 6) is -2.03. The number of anilines is 1. The van der Waals surface area contributed by atoms with E-state index in [0.29, 0.717) is 37.1 Å². The zero-order chi connectivity index (χ0) is 46.9. The van der Waals surface area contributed by atoms with Crippen LogP contribution < -0.4 is 21.7 Å². The molecule has 342 valence electrons. The monoisotopic (exact) mass is 869 g/mol. The Bertz CT molecular complexity index is 1930. The number of carbonyl (C=O) groups excluding carboxylic acids is 7. The summed E-state index contributed by atoms with van der Waals surface area (Å²) in [5, 5.41) is 17.3. The summed E-state index contributed by atoms with van der Waals surface area (Å²) in [6, 6.07) is 21.3. The normalized spacial score (nSPS) is 13.1. The molecule has 0 fully saturated rings. The van der Waals surface area contributed by atoms with Crippen LogP contribution in [0.4, 0.5) is 15.3 Å². The summed E-state index contributed by atoms with van der Waals surface area (Å²) in [6.07, 6.45) is 5.54. The number of nitrogens with zero attached hydrogens (tertiary/aromatic N) is 1. The molecular formula is C49H67N5O9. The number of carbonyl (C=O) groups is 7. The fourth-order valence-corrected chi connectivity index (χ4v) is 7.05. The molecule has 3 aromatic rings. The molecule has 1 aliphatic heterocycles. The second-order valence-electron chi connectivity index (χ2n) is 15.0. The van der Waals surface area contributed by atoms with E-state index in [1.54, 1.807) is 31.2 Å². The third kappa shape index (κ3) is 17.3. The zero-order valence-corrected chi connectivity index (χ0v) is 37.9. The smallest absolute Gasteiger partial charge is 0.407 e. The summed E-state index contributed by atoms with van der Waals surface area (Å²) in [5.41, 5.74) is 10.8. The fourth-order valence-electron chi connectivity index (χ4n) is 7.05. The van der Waals surface area contributed by atoms with Crippen molar-refractivity contribution in [1.82, 2.24) is 15.5 Å². The van der Waals surface area contributed by atoms with Gasteiger partial charge in [-0.15, -0.1) is 0 Å². The molecule has 0 radical (unpaired) electrons. The number of Topliss-reactive ketones (excluding diaryl/α,β-unsaturated/α-hetero) is 2. The second kappa shape index (κ2) is 28.5. The summed E-state index contributed by atoms with van der Waals surface area (Å²) in [4.78, 5) is 85.0. The van der Waals surface area contributed by atoms with Crippen LogP contribution in [0.3, 0.4) is 0 Å². The first-order chi connectivity index (χ1) is 30.3. The molecule has 0 aromatic heterocycles. The Morgan fingerprint density at radius 1 is 0.794 bits per heavy atom. The topological polar surface area (TPSA) is 214 Å². The molecule has 0 unspecified atom stereocenters. The average molecular weight is 870 g/mol. The number of alkyl carbamates (subject to hydrolysis) is 1. The first-order valence-corrected chi connectivity index (χ1v) is 22.0. The quantitative estimate of drug-likeness (QED) is 0.0552. The lowest BCUT2D eigenvalue weighted by Gasteiger charge is -2.24. The molecule has 0 saturated heterocycles. The van der Waals surface area contributed by atoms with Crippen molar-refractivity contribution < 1.29 is 43.4 Å². The van der Waals surface area contributed by atoms with Crippen LogP contribution in [0.5, 0.6) is 0 Å². The molecule has 5 rings (SSSR count). The van der Waals surface area contributed by atoms with E-state index in [-0.39, 0.29) is 67.3 Å². The minimum absolute atomic E-state index is 0.116. The molecule has 3 aromatic carbocycles. The maximum absolute atomic E-state index is 13.5. The van der Waals surface area contributed by atoms with Crippen molar-refractivity contribution in [3.8, 4) is 11.1 Å². The maximum Gasteiger partial charge on any atom is 0.407 e. The minimum atomic E-state index is -0.867. The Balaban J connectivity index is 0.000000601. The number of fused-ring (bicyclic) bond motifs is 3. The number of ketones is 2. The number of rotatable bonds is 20. The number of unbranched alkanes of at least 4 members (excludes halogenated alkanes) is 2. The molecular weight excluding hydrogens is 803 g/mol. The standard InChI is InChI=1S/C34H40N4O6.C11H15NO3.2C2H6/c1-21(2)31(38-34(43)44-20-29-27-11-5-3-9-25(27)26-10-4-6-12-28(26)29)30(40)18-23(8-7-17-36-33(35)42)32(41)37-24-15-13-22(19-39)14-16-24;1-9(13)5-3-2-4-8-12-10(14)6-7-11(12)15;2*1-2/h3-6,9-16,21,23,29,31,39H,7-8,17-20H2,1-2H3,(H,37,41)(H,38,43)(H3,35,36,42);6-7H,2-5,8H2,1H3;2*1-2H3/t23-,31+;;;/m1.../s1. The molecule has 0 spiro atoms. The summed E-state index contributed by atoms with van der Waals surface area (Å²) in [6.45, 7) is 13.9. The highest BCUT2D eigenvalue weighted by atomic mass is 16.5. The number of amides is 6. The van der Waals surface area contributed by atoms with Gasteiger partial charge in [0.2, 0.25) is 5.91 Å². The molecule has 14 nitrogen and oxygen atoms in total. The molecule has 2 atom stereocenters. The first-order valence-electron chi connectivity index (χ1n) is 22.0. The van der Waals surface area contributed by atoms with Crippen LogP contribution in [0.2, 0.25) is 0 Å². The number of hydrogen-bond acceptors (Lipinski definition) is 9. The van der Waals surface area contributed by atoms with Gasteiger partial charge >= 0.3 is 12.1 Å². The fraction of sp³-hybridized carbons (Fsp3) is 0.449. The average Bonchev–Trinajstić information content (AvgIpc) is 3.78. The summed E-state index contributed by atoms with van der Waals surface area (Å²) < 4.78 is 5.67. The predicted octanol–water partition coefficient (Wildman–Crippen LogP) is 7.82. The number of primary amides is 1. The number of hydrogen-bond donors (Lipinski definition) is 5. The van der Waals surface area contributed by atoms with Crippen molar-refractivity contribution in [1.29, 1.82) is 0 Å². The molecule has 6 amide bonds. The molecule has 0 bridgehead atoms. The number of aliphatic hydroxyl groups excluding tert-OH is 1. The van der Waals surface area contributed by atoms with E-state index >= 15 is 0 Å². The van der Waals surface area contributed by atoms with Gasteiger partial charge in [0.1, 0.15) is 12.4 Å². The van der Waals surface area contributed by atoms with Gasteiger partial charge in [0.15, 0.2) is 5.78 Å². The van der Waals surface area contributed by atoms with Crippen LogP contribution in [0.25, 0.3) is 11.1 Å². The maximum atomic E-state index is 13.5. The van der Waals surface area contributed by atoms with Crippen molar-refractivity contribution in [3.63, 3.8) is 0 Å². The van der Waals surface area contributed by atoms with Gasteiger partial charge in [-0.25, -0.2) is 9.59 Å². The molecule has 0 saturated carbocycles. The van der Waals surface area contributed by atoms with Gasteiger partial charge in [-0.3, -0.25) is 24.1 Å². The lowest BCUT2D eigenvalue weighted by Crippen LogP contribution is -2.46. The Hall–Kier alpha value is -6.15. The number of nitrogens with two attached hydrogens (primary N) is 1. The minimum Gasteiger partial charge on any atom is -0.449 e. The molecule has 1 heterocycles. The van der Waals surface area contributed by atoms with Gasteiger partial charge in [0.25, 0.3) is 11.8 Å². The number of urea groups is 1. The Labute approximate surface area is 372 Å². The van der Waals surface area contributed by atoms with Gasteiger partial charge in [-0.2, -0.15) is 0 Å². The highest BCUT2D eigenvalue weighted by Gasteiger charge is 2.32. The van der Waals surface area contributed by atoms with Crippen LogP contribution >= 0.6 is 0 Å². The SMILES string of the molecule is CC.CC.CC(=O)CCCCCN1C(=O)C=CC1=O.CC(C)[C@H](NC(=O)OCC1c2ccccc2-c2ccccc21)C(=O)C[C@@H](CCCNC(N)=O)C(=O)Nc1ccc(CO)cc1. The van der Waals surface area contributed by atoms with E-state index in [2.05, 4.69) is 28.1 Å². The van der Waals surface area contributed by atoms with E-state index in [4.69, 9.17) is 10.5 Å². The summed E-state index contributed by atoms with van der Waals surface area (Å²) in [7, 11) is 0. The molecule has 2 aliphatic rings. The Morgan fingerprint density at radius 3 is 1.89 bits per heavy atom. The lowest BCUT2D eigenvalue weighted by atomic mass is 9.89. The predicted molar refractivity (Wildman–Crippen MR) is 245 cm³/mol. The first kappa shape index (κ1) is 53.0. The molecule has 14 heteroatoms. The number of imide groups is 1. The number of aliphatic hydroxyl groups is 1. The highest BCUT2D eigenvalue weighted by molar-refractivity contribution is 6.12. The van der Waals surface area contributed by atoms with Crippen molar-refractivity contribution in [2.24, 2.45) is 17.6 Å². The third-order valence-electron chi connectivity index (χ3n) is 10.2. The van der Waals surface area contributed by atoms with Crippen LogP contribution in [0.1, 0.15) is 116 Å². The van der Waals surface area contributed by atoms with Crippen LogP contribution in [-0.4, -0.2) is 77.2 Å². The number of benzene rings is 3. The van der Waals surface area contributed by atoms with Crippen molar-refractivity contribution in [3.05, 3.63) is 102 Å². The van der Waals surface area contributed by atoms with Gasteiger partial charge in [-0.05, 0) is 78.5 Å². The van der Waals surface area contributed by atoms with Gasteiger partial charge in [0, 0.05) is 55.6 Å². The zero-order valence-electron chi connectivity index (χ0n) is 37.9. The van der Waals surface area contributed by atoms with E-state index in [1.807, 2.05) is 77.9 Å². The van der Waals surface area contributed by atoms with E-state index in [0.717, 1.165) is 41.5 Å². The van der Waals surface area contributed by atoms with E-state index in [1.165, 1.54) is 17.1 Å². The lowest BCUT2D eigenvalue weighted by molar-refractivity contribution is -0.137. The highest BCUT2D eigenvalue weighted by Crippen LogP contribution is 2.44. The third-order valence-corrected chi connectivity index (χ3v) is 10.2. The van der Waals surface area contributed by atoms with E-state index < -0.39 is 24.1 Å². The van der Waals surface area contributed by atoms with Crippen molar-refractivity contribution in [2.45, 2.75) is 112 Å². The number of ether oxygens (including phenoxy) is 1. The van der Waals surface area contributed by atoms with Gasteiger partial charge < -0.3 is 36.3 Å². The van der Waals surface area contributed by atoms with E-state index in [9.17, 15) is 38.7 Å². The summed E-state index contributed by atoms with van der Waals surface area (Å²) >= 11 is 0. The Kier molecular flexibility index (Phi) is 23.9. The largest absolute Gasteiger partial charge is 0.449 e. The van der Waals surface area contributed by atoms with Crippen molar-refractivity contribution in [2.75, 3.05) is 25.0 Å². The van der Waals surface area contributed by atoms with Gasteiger partial charge in [-0.1, -0.05) is 109 Å². The van der Waals surface area contributed by atoms with Crippen LogP contribution in [-0.2, 0) is 35.3 Å². The van der Waals surface area contributed by atoms with Gasteiger partial charge in [0.05, 0.1) is 12.6 Å². The number of nitrogens with one attached hydrogen (secondary N) is 3. The molecule has 6 N–H and O–H groups in total.